The summed E-state index contributed by atoms with van der Waals surface area (Å²) in [4.78, 5) is 40.4. The highest BCUT2D eigenvalue weighted by Gasteiger charge is 2.49. The smallest absolute Gasteiger partial charge is 0.380 e. The van der Waals surface area contributed by atoms with Crippen molar-refractivity contribution in [1.29, 1.82) is 0 Å². The summed E-state index contributed by atoms with van der Waals surface area (Å²) in [5, 5.41) is 12.4. The molecule has 40 heavy (non-hydrogen) atoms. The molecule has 10 heteroatoms. The Hall–Kier alpha value is -3.16. The SMILES string of the molecule is CCOP(=O)(CC1(C(=O)NC2CCc3ccccc3N(CC(=O)O)C2=O)CCCC1)Oc1ccc2c(c1)CCC2. The molecule has 1 aliphatic heterocycles. The van der Waals surface area contributed by atoms with E-state index in [9.17, 15) is 24.1 Å². The number of hydrogen-bond acceptors (Lipinski definition) is 6. The molecule has 214 valence electrons. The van der Waals surface area contributed by atoms with Crippen molar-refractivity contribution in [3.63, 3.8) is 0 Å². The van der Waals surface area contributed by atoms with Gasteiger partial charge < -0.3 is 19.5 Å². The van der Waals surface area contributed by atoms with E-state index in [1.54, 1.807) is 19.1 Å². The molecule has 1 heterocycles. The summed E-state index contributed by atoms with van der Waals surface area (Å²) in [5.41, 5.74) is 2.85. The van der Waals surface area contributed by atoms with Crippen LogP contribution in [0.3, 0.4) is 0 Å². The lowest BCUT2D eigenvalue weighted by Gasteiger charge is -2.33. The fraction of sp³-hybridized carbons (Fsp3) is 0.500. The van der Waals surface area contributed by atoms with Crippen molar-refractivity contribution < 1.29 is 33.1 Å². The number of benzene rings is 2. The fourth-order valence-electron chi connectivity index (χ4n) is 6.41. The second kappa shape index (κ2) is 11.8. The molecule has 1 fully saturated rings. The van der Waals surface area contributed by atoms with E-state index in [0.29, 0.717) is 37.1 Å². The number of hydrogen-bond donors (Lipinski definition) is 2. The Balaban J connectivity index is 1.37. The average Bonchev–Trinajstić information content (AvgIpc) is 3.57. The van der Waals surface area contributed by atoms with Crippen molar-refractivity contribution in [1.82, 2.24) is 5.32 Å². The van der Waals surface area contributed by atoms with E-state index in [2.05, 4.69) is 5.32 Å². The fourth-order valence-corrected chi connectivity index (χ4v) is 8.64. The van der Waals surface area contributed by atoms with Gasteiger partial charge in [0, 0.05) is 5.69 Å². The number of carbonyl (C=O) groups is 3. The monoisotopic (exact) mass is 568 g/mol. The molecule has 3 aliphatic rings. The summed E-state index contributed by atoms with van der Waals surface area (Å²) >= 11 is 0. The predicted octanol–water partition coefficient (Wildman–Crippen LogP) is 4.89. The summed E-state index contributed by atoms with van der Waals surface area (Å²) in [6, 6.07) is 12.1. The van der Waals surface area contributed by atoms with Crippen LogP contribution in [0.5, 0.6) is 5.75 Å². The van der Waals surface area contributed by atoms with Crippen LogP contribution in [0.25, 0.3) is 0 Å². The van der Waals surface area contributed by atoms with E-state index in [-0.39, 0.29) is 18.7 Å². The maximum atomic E-state index is 14.1. The zero-order chi connectivity index (χ0) is 28.3. The van der Waals surface area contributed by atoms with Crippen LogP contribution in [-0.4, -0.2) is 48.2 Å². The van der Waals surface area contributed by atoms with E-state index >= 15 is 0 Å². The topological polar surface area (TPSA) is 122 Å². The number of nitrogens with zero attached hydrogens (tertiary/aromatic N) is 1. The molecule has 2 amide bonds. The Labute approximate surface area is 234 Å². The van der Waals surface area contributed by atoms with E-state index in [4.69, 9.17) is 9.05 Å². The molecule has 1 saturated carbocycles. The van der Waals surface area contributed by atoms with Gasteiger partial charge in [-0.1, -0.05) is 37.1 Å². The summed E-state index contributed by atoms with van der Waals surface area (Å²) < 4.78 is 25.9. The molecule has 2 aromatic rings. The molecule has 2 N–H and O–H groups in total. The van der Waals surface area contributed by atoms with Gasteiger partial charge in [0.05, 0.1) is 18.2 Å². The quantitative estimate of drug-likeness (QED) is 0.391. The lowest BCUT2D eigenvalue weighted by atomic mass is 9.87. The number of carboxylic acids is 1. The van der Waals surface area contributed by atoms with Crippen molar-refractivity contribution in [2.45, 2.75) is 70.8 Å². The van der Waals surface area contributed by atoms with Crippen LogP contribution in [0.15, 0.2) is 42.5 Å². The first kappa shape index (κ1) is 28.4. The molecule has 5 rings (SSSR count). The van der Waals surface area contributed by atoms with Gasteiger partial charge in [-0.2, -0.15) is 0 Å². The van der Waals surface area contributed by atoms with Crippen molar-refractivity contribution >= 4 is 31.1 Å². The van der Waals surface area contributed by atoms with Crippen LogP contribution in [0.4, 0.5) is 5.69 Å². The third kappa shape index (κ3) is 5.96. The zero-order valence-electron chi connectivity index (χ0n) is 22.9. The molecular formula is C30H37N2O7P. The van der Waals surface area contributed by atoms with Crippen LogP contribution in [0.1, 0.15) is 62.1 Å². The maximum Gasteiger partial charge on any atom is 0.380 e. The van der Waals surface area contributed by atoms with Gasteiger partial charge in [0.1, 0.15) is 18.3 Å². The number of anilines is 1. The largest absolute Gasteiger partial charge is 0.480 e. The molecule has 0 aromatic heterocycles. The number of fused-ring (bicyclic) bond motifs is 2. The summed E-state index contributed by atoms with van der Waals surface area (Å²) in [6.45, 7) is 1.42. The normalized spacial score (nSPS) is 21.2. The van der Waals surface area contributed by atoms with E-state index in [0.717, 1.165) is 37.7 Å². The summed E-state index contributed by atoms with van der Waals surface area (Å²) in [5.74, 6) is -1.48. The third-order valence-corrected chi connectivity index (χ3v) is 10.5. The molecule has 2 unspecified atom stereocenters. The van der Waals surface area contributed by atoms with Crippen LogP contribution in [0, 0.1) is 5.41 Å². The van der Waals surface area contributed by atoms with Gasteiger partial charge >= 0.3 is 13.6 Å². The number of para-hydroxylation sites is 1. The Bertz CT molecular complexity index is 1340. The van der Waals surface area contributed by atoms with Crippen LogP contribution >= 0.6 is 7.60 Å². The number of carboxylic acid groups (broad SMARTS) is 1. The number of amides is 2. The zero-order valence-corrected chi connectivity index (χ0v) is 23.8. The highest BCUT2D eigenvalue weighted by molar-refractivity contribution is 7.54. The van der Waals surface area contributed by atoms with Crippen LogP contribution in [0.2, 0.25) is 0 Å². The molecule has 0 radical (unpaired) electrons. The summed E-state index contributed by atoms with van der Waals surface area (Å²) in [6.07, 6.45) is 6.40. The van der Waals surface area contributed by atoms with Gasteiger partial charge in [0.25, 0.3) is 0 Å². The number of aryl methyl sites for hydroxylation is 3. The highest BCUT2D eigenvalue weighted by Crippen LogP contribution is 2.56. The number of nitrogens with one attached hydrogen (secondary N) is 1. The number of carbonyl (C=O) groups excluding carboxylic acids is 2. The minimum Gasteiger partial charge on any atom is -0.480 e. The number of rotatable bonds is 10. The Morgan fingerprint density at radius 3 is 2.55 bits per heavy atom. The average molecular weight is 569 g/mol. The van der Waals surface area contributed by atoms with Crippen LogP contribution < -0.4 is 14.7 Å². The molecule has 0 saturated heterocycles. The molecular weight excluding hydrogens is 531 g/mol. The van der Waals surface area contributed by atoms with Crippen LogP contribution in [-0.2, 0) is 42.7 Å². The number of aliphatic carboxylic acids is 1. The van der Waals surface area contributed by atoms with Gasteiger partial charge in [0.2, 0.25) is 11.8 Å². The molecule has 9 nitrogen and oxygen atoms in total. The standard InChI is InChI=1S/C30H37N2O7P/c1-2-38-40(37,39-24-14-12-21-9-7-10-23(21)18-24)20-30(16-5-6-17-30)29(36)31-25-15-13-22-8-3-4-11-26(22)32(28(25)35)19-27(33)34/h3-4,8,11-12,14,18,25H,2,5-7,9-10,13,15-17,19-20H2,1H3,(H,31,36)(H,33,34). The third-order valence-electron chi connectivity index (χ3n) is 8.33. The first-order valence-electron chi connectivity index (χ1n) is 14.2. The highest BCUT2D eigenvalue weighted by atomic mass is 31.2. The minimum absolute atomic E-state index is 0.0866. The molecule has 0 spiro atoms. The van der Waals surface area contributed by atoms with Crippen molar-refractivity contribution in [2.24, 2.45) is 5.41 Å². The van der Waals surface area contributed by atoms with E-state index in [1.807, 2.05) is 30.3 Å². The Kier molecular flexibility index (Phi) is 8.34. The van der Waals surface area contributed by atoms with Crippen molar-refractivity contribution in [3.8, 4) is 5.75 Å². The maximum absolute atomic E-state index is 14.1. The molecule has 0 bridgehead atoms. The Morgan fingerprint density at radius 1 is 1.05 bits per heavy atom. The minimum atomic E-state index is -3.72. The lowest BCUT2D eigenvalue weighted by molar-refractivity contribution is -0.137. The molecule has 2 aromatic carbocycles. The van der Waals surface area contributed by atoms with Crippen molar-refractivity contribution in [2.75, 3.05) is 24.2 Å². The van der Waals surface area contributed by atoms with Gasteiger partial charge in [-0.3, -0.25) is 19.3 Å². The summed E-state index contributed by atoms with van der Waals surface area (Å²) in [7, 11) is -3.72. The Morgan fingerprint density at radius 2 is 1.80 bits per heavy atom. The van der Waals surface area contributed by atoms with E-state index < -0.39 is 37.5 Å². The van der Waals surface area contributed by atoms with Gasteiger partial charge in [0.15, 0.2) is 0 Å². The van der Waals surface area contributed by atoms with Gasteiger partial charge in [-0.05, 0) is 86.8 Å². The first-order valence-corrected chi connectivity index (χ1v) is 15.9. The van der Waals surface area contributed by atoms with Crippen molar-refractivity contribution in [3.05, 3.63) is 59.2 Å². The van der Waals surface area contributed by atoms with Gasteiger partial charge in [-0.15, -0.1) is 0 Å². The van der Waals surface area contributed by atoms with E-state index in [1.165, 1.54) is 16.0 Å². The first-order chi connectivity index (χ1) is 19.2. The molecule has 2 aliphatic carbocycles. The lowest BCUT2D eigenvalue weighted by Crippen LogP contribution is -2.53. The second-order valence-electron chi connectivity index (χ2n) is 11.1. The van der Waals surface area contributed by atoms with Gasteiger partial charge in [-0.25, -0.2) is 4.57 Å². The predicted molar refractivity (Wildman–Crippen MR) is 151 cm³/mol. The second-order valence-corrected chi connectivity index (χ2v) is 13.0. The molecule has 2 atom stereocenters.